The first kappa shape index (κ1) is 25.4. The zero-order chi connectivity index (χ0) is 23.0. The molecule has 3 N–H and O–H groups in total. The number of hydrogen-bond donors (Lipinski definition) is 3. The molecule has 0 spiro atoms. The lowest BCUT2D eigenvalue weighted by molar-refractivity contribution is -0.116. The van der Waals surface area contributed by atoms with E-state index in [2.05, 4.69) is 25.9 Å². The number of fused-ring (bicyclic) bond motifs is 1. The second-order valence-electron chi connectivity index (χ2n) is 7.68. The summed E-state index contributed by atoms with van der Waals surface area (Å²) in [5, 5.41) is 9.51. The molecule has 4 rings (SSSR count). The Morgan fingerprint density at radius 3 is 2.79 bits per heavy atom. The summed E-state index contributed by atoms with van der Waals surface area (Å²) in [7, 11) is 0. The average Bonchev–Trinajstić information content (AvgIpc) is 2.81. The number of nitrogens with one attached hydrogen (secondary N) is 3. The van der Waals surface area contributed by atoms with Crippen LogP contribution in [0.4, 0.5) is 10.1 Å². The molecule has 0 saturated heterocycles. The van der Waals surface area contributed by atoms with E-state index < -0.39 is 0 Å². The van der Waals surface area contributed by atoms with Crippen molar-refractivity contribution in [1.82, 2.24) is 15.6 Å². The van der Waals surface area contributed by atoms with Crippen molar-refractivity contribution < 1.29 is 13.9 Å². The predicted molar refractivity (Wildman–Crippen MR) is 141 cm³/mol. The van der Waals surface area contributed by atoms with Gasteiger partial charge in [0.1, 0.15) is 11.6 Å². The SMILES string of the molecule is CCNC(=NCc1ccc(Oc2cccc(F)c2)nc1)NCC1CC(=O)Nc2ccccc21.I. The number of ether oxygens (including phenoxy) is 1. The van der Waals surface area contributed by atoms with Crippen LogP contribution in [0.25, 0.3) is 0 Å². The fourth-order valence-corrected chi connectivity index (χ4v) is 3.63. The average molecular weight is 575 g/mol. The summed E-state index contributed by atoms with van der Waals surface area (Å²) >= 11 is 0. The van der Waals surface area contributed by atoms with Crippen molar-refractivity contribution in [2.75, 3.05) is 18.4 Å². The van der Waals surface area contributed by atoms with Crippen LogP contribution in [0.2, 0.25) is 0 Å². The maximum Gasteiger partial charge on any atom is 0.225 e. The molecule has 2 aromatic carbocycles. The number of hydrogen-bond acceptors (Lipinski definition) is 4. The molecule has 0 saturated carbocycles. The van der Waals surface area contributed by atoms with Gasteiger partial charge in [-0.05, 0) is 36.2 Å². The van der Waals surface area contributed by atoms with E-state index in [9.17, 15) is 9.18 Å². The van der Waals surface area contributed by atoms with Crippen LogP contribution < -0.4 is 20.7 Å². The number of benzene rings is 2. The van der Waals surface area contributed by atoms with Crippen LogP contribution >= 0.6 is 24.0 Å². The van der Waals surface area contributed by atoms with Crippen LogP contribution in [0.15, 0.2) is 71.9 Å². The van der Waals surface area contributed by atoms with Gasteiger partial charge in [0.25, 0.3) is 0 Å². The normalized spacial score (nSPS) is 14.9. The Bertz CT molecular complexity index is 1140. The van der Waals surface area contributed by atoms with E-state index in [0.29, 0.717) is 43.6 Å². The van der Waals surface area contributed by atoms with Crippen molar-refractivity contribution in [2.24, 2.45) is 4.99 Å². The maximum atomic E-state index is 13.3. The number of aromatic nitrogens is 1. The van der Waals surface area contributed by atoms with Crippen molar-refractivity contribution in [3.05, 3.63) is 83.8 Å². The summed E-state index contributed by atoms with van der Waals surface area (Å²) in [5.74, 6) is 1.17. The molecule has 1 aliphatic rings. The van der Waals surface area contributed by atoms with E-state index in [4.69, 9.17) is 4.74 Å². The molecule has 0 fully saturated rings. The van der Waals surface area contributed by atoms with Gasteiger partial charge >= 0.3 is 0 Å². The highest BCUT2D eigenvalue weighted by atomic mass is 127. The van der Waals surface area contributed by atoms with Gasteiger partial charge in [0.05, 0.1) is 6.54 Å². The molecule has 0 radical (unpaired) electrons. The number of rotatable bonds is 7. The van der Waals surface area contributed by atoms with Crippen molar-refractivity contribution in [3.63, 3.8) is 0 Å². The minimum Gasteiger partial charge on any atom is -0.439 e. The van der Waals surface area contributed by atoms with Crippen molar-refractivity contribution in [1.29, 1.82) is 0 Å². The van der Waals surface area contributed by atoms with E-state index in [1.165, 1.54) is 12.1 Å². The minimum atomic E-state index is -0.362. The second-order valence-corrected chi connectivity index (χ2v) is 7.68. The van der Waals surface area contributed by atoms with Crippen LogP contribution in [0.5, 0.6) is 11.6 Å². The molecule has 1 aromatic heterocycles. The Morgan fingerprint density at radius 2 is 2.03 bits per heavy atom. The highest BCUT2D eigenvalue weighted by molar-refractivity contribution is 14.0. The number of carbonyl (C=O) groups is 1. The van der Waals surface area contributed by atoms with Crippen LogP contribution in [-0.4, -0.2) is 29.9 Å². The number of guanidine groups is 1. The van der Waals surface area contributed by atoms with E-state index in [1.807, 2.05) is 37.3 Å². The molecule has 1 unspecified atom stereocenters. The third-order valence-corrected chi connectivity index (χ3v) is 5.20. The Balaban J connectivity index is 0.00000324. The van der Waals surface area contributed by atoms with Crippen LogP contribution in [0.1, 0.15) is 30.4 Å². The predicted octanol–water partition coefficient (Wildman–Crippen LogP) is 4.81. The van der Waals surface area contributed by atoms with Crippen LogP contribution in [0.3, 0.4) is 0 Å². The molecule has 1 aliphatic heterocycles. The van der Waals surface area contributed by atoms with Gasteiger partial charge < -0.3 is 20.7 Å². The zero-order valence-electron chi connectivity index (χ0n) is 18.8. The third-order valence-electron chi connectivity index (χ3n) is 5.20. The van der Waals surface area contributed by atoms with Crippen LogP contribution in [-0.2, 0) is 11.3 Å². The summed E-state index contributed by atoms with van der Waals surface area (Å²) in [4.78, 5) is 21.0. The largest absolute Gasteiger partial charge is 0.439 e. The molecule has 1 atom stereocenters. The van der Waals surface area contributed by atoms with Gasteiger partial charge in [-0.25, -0.2) is 14.4 Å². The number of aliphatic imine (C=N–C) groups is 1. The van der Waals surface area contributed by atoms with Gasteiger partial charge in [0.15, 0.2) is 5.96 Å². The standard InChI is InChI=1S/C25H26FN5O2.HI/c1-2-27-25(30-16-18-12-23(32)31-22-9-4-3-8-21(18)22)29-15-17-10-11-24(28-14-17)33-20-7-5-6-19(26)13-20;/h3-11,13-14,18H,2,12,15-16H2,1H3,(H,31,32)(H2,27,29,30);1H. The number of para-hydroxylation sites is 1. The summed E-state index contributed by atoms with van der Waals surface area (Å²) in [6, 6.07) is 17.4. The molecule has 0 bridgehead atoms. The number of carbonyl (C=O) groups excluding carboxylic acids is 1. The van der Waals surface area contributed by atoms with Crippen molar-refractivity contribution in [3.8, 4) is 11.6 Å². The van der Waals surface area contributed by atoms with E-state index >= 15 is 0 Å². The van der Waals surface area contributed by atoms with Crippen molar-refractivity contribution in [2.45, 2.75) is 25.8 Å². The first-order valence-electron chi connectivity index (χ1n) is 10.9. The molecule has 3 aromatic rings. The van der Waals surface area contributed by atoms with Gasteiger partial charge in [0.2, 0.25) is 11.8 Å². The second kappa shape index (κ2) is 12.3. The van der Waals surface area contributed by atoms with Gasteiger partial charge in [0, 0.05) is 49.4 Å². The molecule has 34 heavy (non-hydrogen) atoms. The van der Waals surface area contributed by atoms with Gasteiger partial charge in [-0.3, -0.25) is 4.79 Å². The fourth-order valence-electron chi connectivity index (χ4n) is 3.63. The molecular weight excluding hydrogens is 548 g/mol. The Hall–Kier alpha value is -3.21. The summed E-state index contributed by atoms with van der Waals surface area (Å²) in [6.07, 6.45) is 2.11. The van der Waals surface area contributed by atoms with Crippen LogP contribution in [0, 0.1) is 5.82 Å². The highest BCUT2D eigenvalue weighted by Crippen LogP contribution is 2.31. The lowest BCUT2D eigenvalue weighted by atomic mass is 9.90. The maximum absolute atomic E-state index is 13.3. The highest BCUT2D eigenvalue weighted by Gasteiger charge is 2.24. The molecular formula is C25H27FIN5O2. The molecule has 178 valence electrons. The molecule has 1 amide bonds. The fraction of sp³-hybridized carbons (Fsp3) is 0.240. The lowest BCUT2D eigenvalue weighted by Gasteiger charge is -2.26. The van der Waals surface area contributed by atoms with Gasteiger partial charge in [-0.15, -0.1) is 24.0 Å². The summed E-state index contributed by atoms with van der Waals surface area (Å²) in [5.41, 5.74) is 2.90. The Morgan fingerprint density at radius 1 is 1.18 bits per heavy atom. The lowest BCUT2D eigenvalue weighted by Crippen LogP contribution is -2.40. The summed E-state index contributed by atoms with van der Waals surface area (Å²) < 4.78 is 18.9. The monoisotopic (exact) mass is 575 g/mol. The molecule has 0 aliphatic carbocycles. The Kier molecular flexibility index (Phi) is 9.20. The zero-order valence-corrected chi connectivity index (χ0v) is 21.1. The number of pyridine rings is 1. The minimum absolute atomic E-state index is 0. The molecule has 9 heteroatoms. The molecule has 2 heterocycles. The van der Waals surface area contributed by atoms with Crippen molar-refractivity contribution >= 4 is 41.5 Å². The number of halogens is 2. The Labute approximate surface area is 215 Å². The first-order chi connectivity index (χ1) is 16.1. The first-order valence-corrected chi connectivity index (χ1v) is 10.9. The molecule has 7 nitrogen and oxygen atoms in total. The number of amides is 1. The van der Waals surface area contributed by atoms with E-state index in [1.54, 1.807) is 24.4 Å². The van der Waals surface area contributed by atoms with Gasteiger partial charge in [-0.2, -0.15) is 0 Å². The van der Waals surface area contributed by atoms with Gasteiger partial charge in [-0.1, -0.05) is 30.3 Å². The smallest absolute Gasteiger partial charge is 0.225 e. The third kappa shape index (κ3) is 6.89. The number of anilines is 1. The number of nitrogens with zero attached hydrogens (tertiary/aromatic N) is 2. The van der Waals surface area contributed by atoms with E-state index in [-0.39, 0.29) is 41.6 Å². The quantitative estimate of drug-likeness (QED) is 0.214. The summed E-state index contributed by atoms with van der Waals surface area (Å²) in [6.45, 7) is 3.73. The topological polar surface area (TPSA) is 87.6 Å². The van der Waals surface area contributed by atoms with E-state index in [0.717, 1.165) is 16.8 Å².